The number of amides is 1. The maximum atomic E-state index is 13.8. The Balaban J connectivity index is 1.15. The fourth-order valence-corrected chi connectivity index (χ4v) is 8.40. The Hall–Kier alpha value is -5.49. The van der Waals surface area contributed by atoms with Crippen LogP contribution in [0.25, 0.3) is 0 Å². The summed E-state index contributed by atoms with van der Waals surface area (Å²) in [5.74, 6) is 0.255. The predicted octanol–water partition coefficient (Wildman–Crippen LogP) is 8.42. The molecule has 11 nitrogen and oxygen atoms in total. The zero-order valence-corrected chi connectivity index (χ0v) is 33.2. The summed E-state index contributed by atoms with van der Waals surface area (Å²) >= 11 is 13.2. The Morgan fingerprint density at radius 2 is 1.61 bits per heavy atom. The number of anilines is 1. The fraction of sp³-hybridized carbons (Fsp3) is 0.295. The van der Waals surface area contributed by atoms with Gasteiger partial charge in [-0.3, -0.25) is 15.0 Å². The van der Waals surface area contributed by atoms with Gasteiger partial charge in [-0.1, -0.05) is 71.7 Å². The van der Waals surface area contributed by atoms with Gasteiger partial charge in [-0.05, 0) is 103 Å². The van der Waals surface area contributed by atoms with E-state index in [1.165, 1.54) is 26.6 Å². The Morgan fingerprint density at radius 3 is 2.28 bits per heavy atom. The first-order chi connectivity index (χ1) is 27.6. The van der Waals surface area contributed by atoms with Crippen molar-refractivity contribution in [3.8, 4) is 17.2 Å². The van der Waals surface area contributed by atoms with Gasteiger partial charge >= 0.3 is 12.1 Å². The lowest BCUT2D eigenvalue weighted by Gasteiger charge is -2.44. The van der Waals surface area contributed by atoms with Crippen LogP contribution in [-0.2, 0) is 24.3 Å². The number of piperidine rings is 3. The van der Waals surface area contributed by atoms with E-state index in [0.29, 0.717) is 34.3 Å². The smallest absolute Gasteiger partial charge is 0.414 e. The number of ether oxygens (including phenoxy) is 4. The third kappa shape index (κ3) is 9.23. The van der Waals surface area contributed by atoms with E-state index in [9.17, 15) is 19.9 Å². The monoisotopic (exact) mass is 812 g/mol. The zero-order chi connectivity index (χ0) is 40.1. The summed E-state index contributed by atoms with van der Waals surface area (Å²) in [6, 6.07) is 27.6. The molecule has 8 rings (SSSR count). The number of para-hydroxylation sites is 1. The van der Waals surface area contributed by atoms with Gasteiger partial charge in [0.05, 0.1) is 26.3 Å². The number of methoxy groups -OCH3 is 2. The summed E-state index contributed by atoms with van der Waals surface area (Å²) in [4.78, 5) is 30.5. The fourth-order valence-electron chi connectivity index (χ4n) is 7.79. The molecule has 4 heterocycles. The van der Waals surface area contributed by atoms with Crippen LogP contribution in [0.2, 0.25) is 10.0 Å². The first kappa shape index (κ1) is 39.7. The third-order valence-electron chi connectivity index (χ3n) is 10.8. The molecule has 13 heteroatoms. The number of rotatable bonds is 14. The number of aromatic carboxylic acids is 1. The van der Waals surface area contributed by atoms with Crippen LogP contribution in [0.1, 0.15) is 56.9 Å². The van der Waals surface area contributed by atoms with Crippen molar-refractivity contribution in [3.63, 3.8) is 0 Å². The summed E-state index contributed by atoms with van der Waals surface area (Å²) in [5.41, 5.74) is 4.14. The number of carbonyl (C=O) groups excluding carboxylic acids is 1. The lowest BCUT2D eigenvalue weighted by molar-refractivity contribution is -0.904. The molecule has 1 aromatic heterocycles. The van der Waals surface area contributed by atoms with Crippen LogP contribution in [0.15, 0.2) is 103 Å². The number of benzene rings is 4. The van der Waals surface area contributed by atoms with Crippen LogP contribution in [0.3, 0.4) is 0 Å². The van der Waals surface area contributed by atoms with Gasteiger partial charge in [0.1, 0.15) is 28.5 Å². The first-order valence-electron chi connectivity index (χ1n) is 18.7. The van der Waals surface area contributed by atoms with E-state index in [4.69, 9.17) is 42.1 Å². The van der Waals surface area contributed by atoms with Crippen LogP contribution in [-0.4, -0.2) is 67.2 Å². The zero-order valence-electron chi connectivity index (χ0n) is 31.6. The highest BCUT2D eigenvalue weighted by atomic mass is 35.5. The van der Waals surface area contributed by atoms with Crippen molar-refractivity contribution >= 4 is 41.0 Å². The Labute approximate surface area is 341 Å². The van der Waals surface area contributed by atoms with Crippen LogP contribution in [0.5, 0.6) is 17.2 Å². The number of pyridine rings is 1. The Morgan fingerprint density at radius 1 is 0.877 bits per heavy atom. The van der Waals surface area contributed by atoms with Gasteiger partial charge in [0.15, 0.2) is 11.5 Å². The molecule has 1 amide bonds. The van der Waals surface area contributed by atoms with Crippen LogP contribution in [0, 0.1) is 5.92 Å². The van der Waals surface area contributed by atoms with E-state index in [1.807, 2.05) is 66.7 Å². The molecular formula is C44H44Cl2N3O8+. The summed E-state index contributed by atoms with van der Waals surface area (Å²) in [7, 11) is 3.07. The molecule has 3 aliphatic heterocycles. The number of hydrogen-bond donors (Lipinski definition) is 2. The number of nitrogens with zero attached hydrogens (tertiary/aromatic N) is 3. The molecule has 0 aliphatic carbocycles. The molecule has 0 radical (unpaired) electrons. The van der Waals surface area contributed by atoms with Crippen LogP contribution in [0.4, 0.5) is 10.5 Å². The molecule has 0 saturated carbocycles. The van der Waals surface area contributed by atoms with Crippen LogP contribution >= 0.6 is 23.2 Å². The van der Waals surface area contributed by atoms with Crippen molar-refractivity contribution in [2.45, 2.75) is 44.4 Å². The number of carbonyl (C=O) groups is 2. The molecule has 0 spiro atoms. The van der Waals surface area contributed by atoms with E-state index in [-0.39, 0.29) is 47.4 Å². The SMILES string of the molecule is COc1ccc([C@H](Cc2c(Cl)c[n+](O)cc2Cl)c2cc(COc3cccc(CN(C(=O)O[C@H]4CN5CCC4CC5)c4ccccc4)c3)ccc2C(=O)O)cc1OC. The Bertz CT molecular complexity index is 2210. The number of hydrogen-bond acceptors (Lipinski definition) is 8. The molecule has 3 fully saturated rings. The van der Waals surface area contributed by atoms with Gasteiger partial charge in [-0.2, -0.15) is 0 Å². The standard InChI is InChI=1S/C44H43Cl2N3O8/c1-54-40-14-12-31(21-41(40)55-2)35(22-37-38(45)24-48(53)25-39(37)46)36-20-29(11-13-34(36)43(50)51)27-56-33-10-6-7-28(19-33)23-49(32-8-4-3-5-9-32)44(52)57-42-26-47-17-15-30(42)16-18-47/h3-14,19-21,24-25,30,35,42H,15-18,22-23,26-27H2,1-2H3,(H-,50,51,53)/p+1/t35-,42-/m0/s1. The molecular weight excluding hydrogens is 769 g/mol. The number of halogens is 2. The quantitative estimate of drug-likeness (QED) is 0.0841. The van der Waals surface area contributed by atoms with E-state index >= 15 is 0 Å². The largest absolute Gasteiger partial charge is 0.493 e. The lowest BCUT2D eigenvalue weighted by atomic mass is 9.82. The number of aromatic nitrogens is 1. The van der Waals surface area contributed by atoms with Gasteiger partial charge in [0.25, 0.3) is 0 Å². The highest BCUT2D eigenvalue weighted by Crippen LogP contribution is 2.39. The van der Waals surface area contributed by atoms with E-state index < -0.39 is 11.9 Å². The molecule has 3 saturated heterocycles. The highest BCUT2D eigenvalue weighted by Gasteiger charge is 2.37. The average Bonchev–Trinajstić information content (AvgIpc) is 3.22. The third-order valence-corrected chi connectivity index (χ3v) is 11.4. The summed E-state index contributed by atoms with van der Waals surface area (Å²) in [6.07, 6.45) is 4.42. The minimum absolute atomic E-state index is 0.0899. The molecule has 296 valence electrons. The van der Waals surface area contributed by atoms with Gasteiger partial charge in [0, 0.05) is 28.4 Å². The lowest BCUT2D eigenvalue weighted by Crippen LogP contribution is -2.53. The minimum Gasteiger partial charge on any atom is -0.493 e. The second-order valence-corrected chi connectivity index (χ2v) is 15.1. The van der Waals surface area contributed by atoms with Gasteiger partial charge in [-0.15, -0.1) is 0 Å². The average molecular weight is 814 g/mol. The van der Waals surface area contributed by atoms with E-state index in [1.54, 1.807) is 29.2 Å². The first-order valence-corrected chi connectivity index (χ1v) is 19.5. The van der Waals surface area contributed by atoms with Crippen molar-refractivity contribution in [1.82, 2.24) is 4.90 Å². The second kappa shape index (κ2) is 17.8. The van der Waals surface area contributed by atoms with E-state index in [0.717, 1.165) is 59.6 Å². The maximum absolute atomic E-state index is 13.8. The summed E-state index contributed by atoms with van der Waals surface area (Å²) in [5, 5.41) is 20.9. The van der Waals surface area contributed by atoms with Gasteiger partial charge in [-0.25, -0.2) is 9.59 Å². The predicted molar refractivity (Wildman–Crippen MR) is 215 cm³/mol. The molecule has 0 unspecified atom stereocenters. The Kier molecular flexibility index (Phi) is 12.4. The van der Waals surface area contributed by atoms with Crippen molar-refractivity contribution in [1.29, 1.82) is 0 Å². The highest BCUT2D eigenvalue weighted by molar-refractivity contribution is 6.35. The van der Waals surface area contributed by atoms with E-state index in [2.05, 4.69) is 4.90 Å². The molecule has 2 N–H and O–H groups in total. The minimum atomic E-state index is -1.11. The van der Waals surface area contributed by atoms with Gasteiger partial charge < -0.3 is 24.1 Å². The topological polar surface area (TPSA) is 122 Å². The van der Waals surface area contributed by atoms with Crippen LogP contribution < -0.4 is 23.8 Å². The van der Waals surface area contributed by atoms with Gasteiger partial charge in [0.2, 0.25) is 12.4 Å². The molecule has 57 heavy (non-hydrogen) atoms. The molecule has 2 atom stereocenters. The molecule has 4 aromatic carbocycles. The summed E-state index contributed by atoms with van der Waals surface area (Å²) < 4.78 is 24.3. The normalized spacial score (nSPS) is 17.7. The molecule has 2 bridgehead atoms. The maximum Gasteiger partial charge on any atom is 0.414 e. The van der Waals surface area contributed by atoms with Crippen molar-refractivity contribution in [3.05, 3.63) is 147 Å². The number of carboxylic acids is 1. The number of carboxylic acid groups (broad SMARTS) is 1. The van der Waals surface area contributed by atoms with Crippen molar-refractivity contribution < 1.29 is 43.6 Å². The molecule has 3 aliphatic rings. The van der Waals surface area contributed by atoms with Crippen molar-refractivity contribution in [2.24, 2.45) is 5.92 Å². The summed E-state index contributed by atoms with van der Waals surface area (Å²) in [6.45, 7) is 3.27. The second-order valence-electron chi connectivity index (χ2n) is 14.3. The molecule has 5 aromatic rings. The van der Waals surface area contributed by atoms with Crippen molar-refractivity contribution in [2.75, 3.05) is 38.8 Å². The number of fused-ring (bicyclic) bond motifs is 3.